The van der Waals surface area contributed by atoms with Crippen molar-refractivity contribution in [2.45, 2.75) is 44.2 Å². The lowest BCUT2D eigenvalue weighted by atomic mass is 10.0. The third-order valence-electron chi connectivity index (χ3n) is 5.73. The summed E-state index contributed by atoms with van der Waals surface area (Å²) in [6, 6.07) is 9.30. The van der Waals surface area contributed by atoms with E-state index < -0.39 is 42.0 Å². The largest absolute Gasteiger partial charge is 0.416 e. The zero-order chi connectivity index (χ0) is 24.8. The Bertz CT molecular complexity index is 908. The topological polar surface area (TPSA) is 44.4 Å². The van der Waals surface area contributed by atoms with E-state index in [1.807, 2.05) is 0 Å². The van der Waals surface area contributed by atoms with Crippen LogP contribution >= 0.6 is 0 Å². The molecular weight excluding hydrogens is 460 g/mol. The van der Waals surface area contributed by atoms with Crippen LogP contribution < -0.4 is 10.6 Å². The lowest BCUT2D eigenvalue weighted by Gasteiger charge is -2.27. The molecule has 1 saturated heterocycles. The van der Waals surface area contributed by atoms with Gasteiger partial charge in [0.05, 0.1) is 11.1 Å². The van der Waals surface area contributed by atoms with E-state index in [0.717, 1.165) is 32.5 Å². The van der Waals surface area contributed by atoms with Crippen LogP contribution in [0.4, 0.5) is 26.3 Å². The number of alkyl halides is 6. The summed E-state index contributed by atoms with van der Waals surface area (Å²) in [5.41, 5.74) is -2.45. The van der Waals surface area contributed by atoms with Crippen LogP contribution in [-0.2, 0) is 23.7 Å². The Morgan fingerprint density at radius 1 is 0.882 bits per heavy atom. The zero-order valence-corrected chi connectivity index (χ0v) is 18.5. The quantitative estimate of drug-likeness (QED) is 0.506. The molecule has 0 radical (unpaired) electrons. The van der Waals surface area contributed by atoms with Crippen molar-refractivity contribution in [3.05, 3.63) is 70.8 Å². The van der Waals surface area contributed by atoms with Gasteiger partial charge in [0.25, 0.3) is 0 Å². The highest BCUT2D eigenvalue weighted by Crippen LogP contribution is 2.36. The molecule has 0 bridgehead atoms. The Morgan fingerprint density at radius 2 is 1.47 bits per heavy atom. The second-order valence-electron chi connectivity index (χ2n) is 8.33. The van der Waals surface area contributed by atoms with Gasteiger partial charge in [-0.25, -0.2) is 0 Å². The number of halogens is 6. The highest BCUT2D eigenvalue weighted by molar-refractivity contribution is 5.83. The number of benzene rings is 2. The first-order valence-corrected chi connectivity index (χ1v) is 11.1. The van der Waals surface area contributed by atoms with E-state index in [9.17, 15) is 31.1 Å². The van der Waals surface area contributed by atoms with Gasteiger partial charge in [0.2, 0.25) is 5.91 Å². The molecule has 2 aromatic rings. The van der Waals surface area contributed by atoms with Gasteiger partial charge < -0.3 is 15.5 Å². The van der Waals surface area contributed by atoms with E-state index in [0.29, 0.717) is 24.2 Å². The average Bonchev–Trinajstić information content (AvgIpc) is 2.80. The Hall–Kier alpha value is -2.59. The molecule has 1 aliphatic heterocycles. The molecule has 1 aliphatic rings. The number of rotatable bonds is 8. The average molecular weight is 487 g/mol. The highest BCUT2D eigenvalue weighted by Gasteiger charge is 2.37. The predicted octanol–water partition coefficient (Wildman–Crippen LogP) is 5.16. The van der Waals surface area contributed by atoms with E-state index in [1.54, 1.807) is 30.3 Å². The molecule has 0 saturated carbocycles. The SMILES string of the molecule is O=C(NCc1cc(C(F)(F)F)cc(C(F)(F)F)c1)C(NCCN1CCCCC1)c1ccccc1. The van der Waals surface area contributed by atoms with Gasteiger partial charge in [-0.3, -0.25) is 4.79 Å². The summed E-state index contributed by atoms with van der Waals surface area (Å²) in [5, 5.41) is 5.67. The maximum absolute atomic E-state index is 13.1. The molecule has 3 rings (SSSR count). The maximum atomic E-state index is 13.1. The van der Waals surface area contributed by atoms with Crippen molar-refractivity contribution in [3.8, 4) is 0 Å². The summed E-state index contributed by atoms with van der Waals surface area (Å²) in [6.07, 6.45) is -6.44. The summed E-state index contributed by atoms with van der Waals surface area (Å²) in [6.45, 7) is 2.75. The molecule has 1 atom stereocenters. The van der Waals surface area contributed by atoms with Crippen LogP contribution in [0.1, 0.15) is 47.6 Å². The second kappa shape index (κ2) is 11.2. The zero-order valence-electron chi connectivity index (χ0n) is 18.5. The number of carbonyl (C=O) groups is 1. The fourth-order valence-corrected chi connectivity index (χ4v) is 3.97. The number of nitrogens with one attached hydrogen (secondary N) is 2. The molecular formula is C24H27F6N3O. The van der Waals surface area contributed by atoms with E-state index in [-0.39, 0.29) is 11.6 Å². The minimum Gasteiger partial charge on any atom is -0.350 e. The standard InChI is InChI=1S/C24H27F6N3O/c25-23(26,27)19-13-17(14-20(15-19)24(28,29)30)16-32-22(34)21(18-7-3-1-4-8-18)31-9-12-33-10-5-2-6-11-33/h1,3-4,7-8,13-15,21,31H,2,5-6,9-12,16H2,(H,32,34). The number of hydrogen-bond acceptors (Lipinski definition) is 3. The van der Waals surface area contributed by atoms with Gasteiger partial charge in [-0.15, -0.1) is 0 Å². The predicted molar refractivity (Wildman–Crippen MR) is 116 cm³/mol. The maximum Gasteiger partial charge on any atom is 0.416 e. The van der Waals surface area contributed by atoms with Crippen LogP contribution in [-0.4, -0.2) is 37.0 Å². The van der Waals surface area contributed by atoms with Crippen molar-refractivity contribution in [3.63, 3.8) is 0 Å². The fraction of sp³-hybridized carbons (Fsp3) is 0.458. The van der Waals surface area contributed by atoms with E-state index in [2.05, 4.69) is 15.5 Å². The van der Waals surface area contributed by atoms with Crippen molar-refractivity contribution in [2.75, 3.05) is 26.2 Å². The highest BCUT2D eigenvalue weighted by atomic mass is 19.4. The number of hydrogen-bond donors (Lipinski definition) is 2. The van der Waals surface area contributed by atoms with Gasteiger partial charge in [-0.05, 0) is 55.3 Å². The molecule has 1 heterocycles. The molecule has 2 N–H and O–H groups in total. The summed E-state index contributed by atoms with van der Waals surface area (Å²) >= 11 is 0. The van der Waals surface area contributed by atoms with Crippen LogP contribution in [0.25, 0.3) is 0 Å². The van der Waals surface area contributed by atoms with E-state index >= 15 is 0 Å². The molecule has 1 unspecified atom stereocenters. The molecule has 1 amide bonds. The number of likely N-dealkylation sites (tertiary alicyclic amines) is 1. The molecule has 186 valence electrons. The van der Waals surface area contributed by atoms with Crippen LogP contribution in [0.15, 0.2) is 48.5 Å². The Labute approximate surface area is 194 Å². The van der Waals surface area contributed by atoms with Gasteiger partial charge >= 0.3 is 12.4 Å². The third kappa shape index (κ3) is 7.46. The Balaban J connectivity index is 1.71. The minimum absolute atomic E-state index is 0.0697. The van der Waals surface area contributed by atoms with Crippen LogP contribution in [0.2, 0.25) is 0 Å². The van der Waals surface area contributed by atoms with Gasteiger partial charge in [-0.1, -0.05) is 36.8 Å². The van der Waals surface area contributed by atoms with Gasteiger partial charge in [0, 0.05) is 19.6 Å². The van der Waals surface area contributed by atoms with Gasteiger partial charge in [0.1, 0.15) is 6.04 Å². The Morgan fingerprint density at radius 3 is 2.03 bits per heavy atom. The molecule has 10 heteroatoms. The minimum atomic E-state index is -4.94. The number of carbonyl (C=O) groups excluding carboxylic acids is 1. The molecule has 0 aliphatic carbocycles. The van der Waals surface area contributed by atoms with Crippen LogP contribution in [0, 0.1) is 0 Å². The van der Waals surface area contributed by atoms with Crippen molar-refractivity contribution < 1.29 is 31.1 Å². The fourth-order valence-electron chi connectivity index (χ4n) is 3.97. The lowest BCUT2D eigenvalue weighted by molar-refractivity contribution is -0.143. The van der Waals surface area contributed by atoms with Crippen molar-refractivity contribution >= 4 is 5.91 Å². The number of nitrogens with zero attached hydrogens (tertiary/aromatic N) is 1. The molecule has 1 fully saturated rings. The summed E-state index contributed by atoms with van der Waals surface area (Å²) in [4.78, 5) is 15.2. The molecule has 2 aromatic carbocycles. The monoisotopic (exact) mass is 487 g/mol. The molecule has 34 heavy (non-hydrogen) atoms. The van der Waals surface area contributed by atoms with Gasteiger partial charge in [-0.2, -0.15) is 26.3 Å². The molecule has 0 spiro atoms. The molecule has 0 aromatic heterocycles. The summed E-state index contributed by atoms with van der Waals surface area (Å²) < 4.78 is 78.7. The van der Waals surface area contributed by atoms with Crippen molar-refractivity contribution in [1.29, 1.82) is 0 Å². The van der Waals surface area contributed by atoms with Crippen molar-refractivity contribution in [1.82, 2.24) is 15.5 Å². The number of amides is 1. The summed E-state index contributed by atoms with van der Waals surface area (Å²) in [5.74, 6) is -0.532. The Kier molecular flexibility index (Phi) is 8.59. The lowest BCUT2D eigenvalue weighted by Crippen LogP contribution is -2.41. The molecule has 4 nitrogen and oxygen atoms in total. The normalized spacial score (nSPS) is 16.3. The van der Waals surface area contributed by atoms with E-state index in [1.165, 1.54) is 6.42 Å². The van der Waals surface area contributed by atoms with E-state index in [4.69, 9.17) is 0 Å². The van der Waals surface area contributed by atoms with Crippen LogP contribution in [0.3, 0.4) is 0 Å². The van der Waals surface area contributed by atoms with Crippen LogP contribution in [0.5, 0.6) is 0 Å². The first kappa shape index (κ1) is 26.0. The third-order valence-corrected chi connectivity index (χ3v) is 5.73. The smallest absolute Gasteiger partial charge is 0.350 e. The second-order valence-corrected chi connectivity index (χ2v) is 8.33. The first-order valence-electron chi connectivity index (χ1n) is 11.1. The first-order chi connectivity index (χ1) is 16.0. The van der Waals surface area contributed by atoms with Crippen molar-refractivity contribution in [2.24, 2.45) is 0 Å². The number of piperidine rings is 1. The van der Waals surface area contributed by atoms with Gasteiger partial charge in [0.15, 0.2) is 0 Å². The summed E-state index contributed by atoms with van der Waals surface area (Å²) in [7, 11) is 0.